The average molecular weight is 491 g/mol. The summed E-state index contributed by atoms with van der Waals surface area (Å²) in [4.78, 5) is 13.0. The fraction of sp³-hybridized carbons (Fsp3) is 0.208. The van der Waals surface area contributed by atoms with E-state index in [-0.39, 0.29) is 21.6 Å². The lowest BCUT2D eigenvalue weighted by atomic mass is 10.1. The molecule has 0 fully saturated rings. The van der Waals surface area contributed by atoms with Gasteiger partial charge in [0.05, 0.1) is 26.7 Å². The van der Waals surface area contributed by atoms with Crippen LogP contribution in [-0.4, -0.2) is 20.9 Å². The molecule has 0 aliphatic heterocycles. The number of benzene rings is 3. The van der Waals surface area contributed by atoms with E-state index in [4.69, 9.17) is 23.2 Å². The summed E-state index contributed by atoms with van der Waals surface area (Å²) in [6, 6.07) is 20.1. The number of carbonyl (C=O) groups excluding carboxylic acids is 1. The van der Waals surface area contributed by atoms with E-state index in [0.29, 0.717) is 5.02 Å². The van der Waals surface area contributed by atoms with Crippen molar-refractivity contribution in [3.05, 3.63) is 94.0 Å². The monoisotopic (exact) mass is 490 g/mol. The number of aryl methyl sites for hydroxylation is 1. The van der Waals surface area contributed by atoms with Gasteiger partial charge in [0.1, 0.15) is 6.54 Å². The number of nitrogens with one attached hydrogen (secondary N) is 1. The molecule has 5 nitrogen and oxygen atoms in total. The maximum absolute atomic E-state index is 13.4. The second-order valence-corrected chi connectivity index (χ2v) is 9.98. The molecule has 1 atom stereocenters. The molecule has 3 aromatic rings. The molecule has 8 heteroatoms. The Morgan fingerprint density at radius 3 is 2.22 bits per heavy atom. The lowest BCUT2D eigenvalue weighted by Gasteiger charge is -2.25. The predicted molar refractivity (Wildman–Crippen MR) is 130 cm³/mol. The van der Waals surface area contributed by atoms with Crippen molar-refractivity contribution in [1.82, 2.24) is 5.32 Å². The Kier molecular flexibility index (Phi) is 7.82. The van der Waals surface area contributed by atoms with Crippen LogP contribution in [0.25, 0.3) is 0 Å². The molecular weight excluding hydrogens is 467 g/mol. The number of hydrogen-bond acceptors (Lipinski definition) is 3. The minimum atomic E-state index is -4.02. The Balaban J connectivity index is 1.88. The van der Waals surface area contributed by atoms with Crippen molar-refractivity contribution in [2.24, 2.45) is 0 Å². The Morgan fingerprint density at radius 1 is 0.969 bits per heavy atom. The van der Waals surface area contributed by atoms with Crippen molar-refractivity contribution >= 4 is 44.8 Å². The summed E-state index contributed by atoms with van der Waals surface area (Å²) >= 11 is 12.1. The van der Waals surface area contributed by atoms with Crippen molar-refractivity contribution in [2.45, 2.75) is 31.2 Å². The average Bonchev–Trinajstić information content (AvgIpc) is 2.80. The van der Waals surface area contributed by atoms with Crippen molar-refractivity contribution in [3.63, 3.8) is 0 Å². The third-order valence-corrected chi connectivity index (χ3v) is 7.60. The van der Waals surface area contributed by atoms with Gasteiger partial charge in [-0.15, -0.1) is 0 Å². The van der Waals surface area contributed by atoms with Gasteiger partial charge in [-0.05, 0) is 54.8 Å². The Morgan fingerprint density at radius 2 is 1.62 bits per heavy atom. The first kappa shape index (κ1) is 24.1. The van der Waals surface area contributed by atoms with E-state index in [1.54, 1.807) is 18.2 Å². The molecule has 3 rings (SSSR count). The molecule has 0 saturated heterocycles. The SMILES string of the molecule is CCc1ccc([C@@H](C)NC(=O)CN(c2ccc(Cl)c(Cl)c2)S(=O)(=O)c2ccccc2)cc1. The molecule has 0 bridgehead atoms. The van der Waals surface area contributed by atoms with Gasteiger partial charge >= 0.3 is 0 Å². The summed E-state index contributed by atoms with van der Waals surface area (Å²) in [6.45, 7) is 3.52. The molecular formula is C24H24Cl2N2O3S. The molecule has 0 spiro atoms. The minimum absolute atomic E-state index is 0.0714. The largest absolute Gasteiger partial charge is 0.348 e. The first-order chi connectivity index (χ1) is 15.2. The molecule has 32 heavy (non-hydrogen) atoms. The maximum Gasteiger partial charge on any atom is 0.264 e. The van der Waals surface area contributed by atoms with Crippen LogP contribution >= 0.6 is 23.2 Å². The van der Waals surface area contributed by atoms with Gasteiger partial charge in [-0.1, -0.05) is 72.6 Å². The number of halogens is 2. The van der Waals surface area contributed by atoms with Gasteiger partial charge in [-0.2, -0.15) is 0 Å². The van der Waals surface area contributed by atoms with E-state index in [1.807, 2.05) is 31.2 Å². The van der Waals surface area contributed by atoms with E-state index in [2.05, 4.69) is 12.2 Å². The van der Waals surface area contributed by atoms with E-state index >= 15 is 0 Å². The number of nitrogens with zero attached hydrogens (tertiary/aromatic N) is 1. The highest BCUT2D eigenvalue weighted by Gasteiger charge is 2.28. The van der Waals surface area contributed by atoms with Gasteiger partial charge in [-0.3, -0.25) is 9.10 Å². The third-order valence-electron chi connectivity index (χ3n) is 5.08. The molecule has 1 N–H and O–H groups in total. The van der Waals surface area contributed by atoms with E-state index in [9.17, 15) is 13.2 Å². The smallest absolute Gasteiger partial charge is 0.264 e. The van der Waals surface area contributed by atoms with Gasteiger partial charge in [0, 0.05) is 0 Å². The number of amides is 1. The predicted octanol–water partition coefficient (Wildman–Crippen LogP) is 5.63. The van der Waals surface area contributed by atoms with Crippen LogP contribution in [0.5, 0.6) is 0 Å². The molecule has 0 aromatic heterocycles. The molecule has 0 heterocycles. The zero-order chi connectivity index (χ0) is 23.3. The fourth-order valence-electron chi connectivity index (χ4n) is 3.22. The molecule has 168 valence electrons. The number of hydrogen-bond donors (Lipinski definition) is 1. The van der Waals surface area contributed by atoms with Gasteiger partial charge in [-0.25, -0.2) is 8.42 Å². The second-order valence-electron chi connectivity index (χ2n) is 7.31. The van der Waals surface area contributed by atoms with Crippen LogP contribution in [0.2, 0.25) is 10.0 Å². The van der Waals surface area contributed by atoms with Gasteiger partial charge < -0.3 is 5.32 Å². The van der Waals surface area contributed by atoms with Crippen LogP contribution in [-0.2, 0) is 21.2 Å². The number of carbonyl (C=O) groups is 1. The van der Waals surface area contributed by atoms with Gasteiger partial charge in [0.25, 0.3) is 10.0 Å². The maximum atomic E-state index is 13.4. The molecule has 1 amide bonds. The summed E-state index contributed by atoms with van der Waals surface area (Å²) < 4.78 is 27.8. The lowest BCUT2D eigenvalue weighted by molar-refractivity contribution is -0.120. The molecule has 0 aliphatic rings. The number of sulfonamides is 1. The van der Waals surface area contributed by atoms with Crippen LogP contribution in [0.4, 0.5) is 5.69 Å². The van der Waals surface area contributed by atoms with Crippen molar-refractivity contribution < 1.29 is 13.2 Å². The quantitative estimate of drug-likeness (QED) is 0.444. The highest BCUT2D eigenvalue weighted by atomic mass is 35.5. The standard InChI is InChI=1S/C24H24Cl2N2O3S/c1-3-18-9-11-19(12-10-18)17(2)27-24(29)16-28(20-13-14-22(25)23(26)15-20)32(30,31)21-7-5-4-6-8-21/h4-15,17H,3,16H2,1-2H3,(H,27,29)/t17-/m1/s1. The summed E-state index contributed by atoms with van der Waals surface area (Å²) in [7, 11) is -4.02. The summed E-state index contributed by atoms with van der Waals surface area (Å²) in [6.07, 6.45) is 0.928. The lowest BCUT2D eigenvalue weighted by Crippen LogP contribution is -2.41. The Bertz CT molecular complexity index is 1180. The van der Waals surface area contributed by atoms with Crippen molar-refractivity contribution in [2.75, 3.05) is 10.8 Å². The zero-order valence-corrected chi connectivity index (χ0v) is 20.1. The van der Waals surface area contributed by atoms with Crippen LogP contribution < -0.4 is 9.62 Å². The van der Waals surface area contributed by atoms with E-state index in [1.165, 1.54) is 35.9 Å². The first-order valence-electron chi connectivity index (χ1n) is 10.1. The van der Waals surface area contributed by atoms with Crippen LogP contribution in [0, 0.1) is 0 Å². The van der Waals surface area contributed by atoms with E-state index in [0.717, 1.165) is 16.3 Å². The van der Waals surface area contributed by atoms with Gasteiger partial charge in [0.15, 0.2) is 0 Å². The normalized spacial score (nSPS) is 12.2. The Labute approximate surface area is 199 Å². The topological polar surface area (TPSA) is 66.5 Å². The highest BCUT2D eigenvalue weighted by Crippen LogP contribution is 2.30. The number of rotatable bonds is 8. The molecule has 0 saturated carbocycles. The summed E-state index contributed by atoms with van der Waals surface area (Å²) in [5.74, 6) is -0.442. The van der Waals surface area contributed by atoms with Crippen molar-refractivity contribution in [3.8, 4) is 0 Å². The van der Waals surface area contributed by atoms with E-state index < -0.39 is 22.5 Å². The zero-order valence-electron chi connectivity index (χ0n) is 17.8. The molecule has 0 aliphatic carbocycles. The van der Waals surface area contributed by atoms with Crippen molar-refractivity contribution in [1.29, 1.82) is 0 Å². The molecule has 0 radical (unpaired) electrons. The minimum Gasteiger partial charge on any atom is -0.348 e. The first-order valence-corrected chi connectivity index (χ1v) is 12.3. The molecule has 0 unspecified atom stereocenters. The number of anilines is 1. The summed E-state index contributed by atoms with van der Waals surface area (Å²) in [5.41, 5.74) is 2.38. The third kappa shape index (κ3) is 5.63. The van der Waals surface area contributed by atoms with Crippen LogP contribution in [0.1, 0.15) is 31.0 Å². The summed E-state index contributed by atoms with van der Waals surface area (Å²) in [5, 5.41) is 3.37. The van der Waals surface area contributed by atoms with Gasteiger partial charge in [0.2, 0.25) is 5.91 Å². The second kappa shape index (κ2) is 10.4. The fourth-order valence-corrected chi connectivity index (χ4v) is 4.94. The van der Waals surface area contributed by atoms with Crippen LogP contribution in [0.15, 0.2) is 77.7 Å². The molecule has 3 aromatic carbocycles. The highest BCUT2D eigenvalue weighted by molar-refractivity contribution is 7.92. The Hall–Kier alpha value is -2.54. The van der Waals surface area contributed by atoms with Crippen LogP contribution in [0.3, 0.4) is 0 Å².